The van der Waals surface area contributed by atoms with Gasteiger partial charge in [0.2, 0.25) is 11.9 Å². The lowest BCUT2D eigenvalue weighted by molar-refractivity contribution is 0.122. The minimum atomic E-state index is 0.239. The molecule has 7 heteroatoms. The van der Waals surface area contributed by atoms with E-state index in [0.29, 0.717) is 25.0 Å². The molecule has 0 atom stereocenters. The van der Waals surface area contributed by atoms with Gasteiger partial charge in [0.15, 0.2) is 5.82 Å². The Bertz CT molecular complexity index is 637. The van der Waals surface area contributed by atoms with E-state index in [1.54, 1.807) is 0 Å². The molecule has 2 N–H and O–H groups in total. The maximum absolute atomic E-state index is 5.85. The van der Waals surface area contributed by atoms with E-state index in [2.05, 4.69) is 19.9 Å². The van der Waals surface area contributed by atoms with Gasteiger partial charge >= 0.3 is 0 Å². The molecular formula is C15H20N6O. The van der Waals surface area contributed by atoms with Gasteiger partial charge < -0.3 is 20.3 Å². The summed E-state index contributed by atoms with van der Waals surface area (Å²) >= 11 is 0. The topological polar surface area (TPSA) is 80.4 Å². The van der Waals surface area contributed by atoms with Crippen LogP contribution in [-0.2, 0) is 4.74 Å². The Labute approximate surface area is 129 Å². The fourth-order valence-corrected chi connectivity index (χ4v) is 2.32. The van der Waals surface area contributed by atoms with Crippen LogP contribution in [0.5, 0.6) is 0 Å². The highest BCUT2D eigenvalue weighted by Gasteiger charge is 2.16. The van der Waals surface area contributed by atoms with Gasteiger partial charge in [0, 0.05) is 38.4 Å². The number of hydrogen-bond acceptors (Lipinski definition) is 7. The number of nitrogen functional groups attached to an aromatic ring is 1. The standard InChI is InChI=1S/C15H20N6O/c1-20(2)12-5-3-11(4-6-12)13-17-14(16)19-15(18-13)21-7-9-22-10-8-21/h3-6H,7-10H2,1-2H3,(H2,16,17,18,19). The smallest absolute Gasteiger partial charge is 0.230 e. The molecule has 1 saturated heterocycles. The fourth-order valence-electron chi connectivity index (χ4n) is 2.32. The molecule has 1 fully saturated rings. The molecule has 0 spiro atoms. The van der Waals surface area contributed by atoms with E-state index in [-0.39, 0.29) is 5.95 Å². The molecule has 0 aliphatic carbocycles. The van der Waals surface area contributed by atoms with Crippen molar-refractivity contribution < 1.29 is 4.74 Å². The Morgan fingerprint density at radius 2 is 1.73 bits per heavy atom. The molecule has 2 aromatic rings. The maximum atomic E-state index is 5.85. The Hall–Kier alpha value is -2.41. The third-order valence-corrected chi connectivity index (χ3v) is 3.58. The lowest BCUT2D eigenvalue weighted by atomic mass is 10.2. The molecule has 116 valence electrons. The van der Waals surface area contributed by atoms with Gasteiger partial charge in [-0.05, 0) is 24.3 Å². The summed E-state index contributed by atoms with van der Waals surface area (Å²) in [6.07, 6.45) is 0. The van der Waals surface area contributed by atoms with Crippen molar-refractivity contribution in [3.05, 3.63) is 24.3 Å². The zero-order valence-corrected chi connectivity index (χ0v) is 12.9. The van der Waals surface area contributed by atoms with E-state index >= 15 is 0 Å². The van der Waals surface area contributed by atoms with Crippen LogP contribution in [0.4, 0.5) is 17.6 Å². The van der Waals surface area contributed by atoms with Gasteiger partial charge in [0.1, 0.15) is 0 Å². The SMILES string of the molecule is CN(C)c1ccc(-c2nc(N)nc(N3CCOCC3)n2)cc1. The molecule has 22 heavy (non-hydrogen) atoms. The van der Waals surface area contributed by atoms with Crippen molar-refractivity contribution in [2.24, 2.45) is 0 Å². The van der Waals surface area contributed by atoms with Gasteiger partial charge in [-0.15, -0.1) is 0 Å². The van der Waals surface area contributed by atoms with Crippen LogP contribution in [0.15, 0.2) is 24.3 Å². The molecule has 0 amide bonds. The first kappa shape index (κ1) is 14.5. The van der Waals surface area contributed by atoms with E-state index in [1.165, 1.54) is 0 Å². The molecule has 1 aliphatic heterocycles. The second-order valence-corrected chi connectivity index (χ2v) is 5.36. The average Bonchev–Trinajstić information content (AvgIpc) is 2.55. The highest BCUT2D eigenvalue weighted by molar-refractivity contribution is 5.62. The summed E-state index contributed by atoms with van der Waals surface area (Å²) in [5, 5.41) is 0. The van der Waals surface area contributed by atoms with Crippen LogP contribution in [0.1, 0.15) is 0 Å². The van der Waals surface area contributed by atoms with Crippen molar-refractivity contribution in [3.8, 4) is 11.4 Å². The third-order valence-electron chi connectivity index (χ3n) is 3.58. The zero-order chi connectivity index (χ0) is 15.5. The number of anilines is 3. The predicted molar refractivity (Wildman–Crippen MR) is 87.0 cm³/mol. The Balaban J connectivity index is 1.91. The number of aromatic nitrogens is 3. The molecular weight excluding hydrogens is 280 g/mol. The average molecular weight is 300 g/mol. The molecule has 0 unspecified atom stereocenters. The molecule has 0 radical (unpaired) electrons. The Morgan fingerprint density at radius 3 is 2.36 bits per heavy atom. The summed E-state index contributed by atoms with van der Waals surface area (Å²) in [5.41, 5.74) is 7.90. The second kappa shape index (κ2) is 6.15. The minimum absolute atomic E-state index is 0.239. The first-order valence-electron chi connectivity index (χ1n) is 7.25. The number of ether oxygens (including phenoxy) is 1. The van der Waals surface area contributed by atoms with Crippen LogP contribution in [-0.4, -0.2) is 55.4 Å². The number of hydrogen-bond donors (Lipinski definition) is 1. The van der Waals surface area contributed by atoms with Crippen LogP contribution in [0.3, 0.4) is 0 Å². The molecule has 0 bridgehead atoms. The summed E-state index contributed by atoms with van der Waals surface area (Å²) in [5.74, 6) is 1.45. The number of nitrogens with zero attached hydrogens (tertiary/aromatic N) is 5. The number of nitrogens with two attached hydrogens (primary N) is 1. The summed E-state index contributed by atoms with van der Waals surface area (Å²) < 4.78 is 5.35. The molecule has 3 rings (SSSR count). The van der Waals surface area contributed by atoms with Gasteiger partial charge in [0.25, 0.3) is 0 Å². The molecule has 0 saturated carbocycles. The molecule has 1 aromatic carbocycles. The monoisotopic (exact) mass is 300 g/mol. The first-order valence-corrected chi connectivity index (χ1v) is 7.25. The van der Waals surface area contributed by atoms with Gasteiger partial charge in [-0.2, -0.15) is 15.0 Å². The van der Waals surface area contributed by atoms with Gasteiger partial charge in [-0.25, -0.2) is 0 Å². The van der Waals surface area contributed by atoms with Crippen LogP contribution in [0.25, 0.3) is 11.4 Å². The van der Waals surface area contributed by atoms with E-state index in [4.69, 9.17) is 10.5 Å². The van der Waals surface area contributed by atoms with Gasteiger partial charge in [-0.1, -0.05) is 0 Å². The lowest BCUT2D eigenvalue weighted by Gasteiger charge is -2.26. The molecule has 2 heterocycles. The van der Waals surface area contributed by atoms with Crippen molar-refractivity contribution in [1.29, 1.82) is 0 Å². The number of rotatable bonds is 3. The van der Waals surface area contributed by atoms with Crippen molar-refractivity contribution >= 4 is 17.6 Å². The highest BCUT2D eigenvalue weighted by Crippen LogP contribution is 2.22. The maximum Gasteiger partial charge on any atom is 0.230 e. The Morgan fingerprint density at radius 1 is 1.05 bits per heavy atom. The van der Waals surface area contributed by atoms with Crippen molar-refractivity contribution in [3.63, 3.8) is 0 Å². The second-order valence-electron chi connectivity index (χ2n) is 5.36. The van der Waals surface area contributed by atoms with E-state index in [9.17, 15) is 0 Å². The largest absolute Gasteiger partial charge is 0.378 e. The number of morpholine rings is 1. The highest BCUT2D eigenvalue weighted by atomic mass is 16.5. The quantitative estimate of drug-likeness (QED) is 0.906. The summed E-state index contributed by atoms with van der Waals surface area (Å²) in [7, 11) is 4.01. The van der Waals surface area contributed by atoms with Gasteiger partial charge in [0.05, 0.1) is 13.2 Å². The minimum Gasteiger partial charge on any atom is -0.378 e. The first-order chi connectivity index (χ1) is 10.6. The van der Waals surface area contributed by atoms with Crippen LogP contribution >= 0.6 is 0 Å². The van der Waals surface area contributed by atoms with Crippen LogP contribution < -0.4 is 15.5 Å². The van der Waals surface area contributed by atoms with E-state index in [0.717, 1.165) is 24.3 Å². The third kappa shape index (κ3) is 3.09. The summed E-state index contributed by atoms with van der Waals surface area (Å²) in [6, 6.07) is 8.05. The summed E-state index contributed by atoms with van der Waals surface area (Å²) in [4.78, 5) is 17.2. The van der Waals surface area contributed by atoms with Crippen molar-refractivity contribution in [2.45, 2.75) is 0 Å². The van der Waals surface area contributed by atoms with Crippen molar-refractivity contribution in [1.82, 2.24) is 15.0 Å². The summed E-state index contributed by atoms with van der Waals surface area (Å²) in [6.45, 7) is 2.89. The fraction of sp³-hybridized carbons (Fsp3) is 0.400. The molecule has 7 nitrogen and oxygen atoms in total. The van der Waals surface area contributed by atoms with Crippen LogP contribution in [0, 0.1) is 0 Å². The number of benzene rings is 1. The normalized spacial score (nSPS) is 14.9. The van der Waals surface area contributed by atoms with Gasteiger partial charge in [-0.3, -0.25) is 0 Å². The van der Waals surface area contributed by atoms with E-state index in [1.807, 2.05) is 43.3 Å². The molecule has 1 aliphatic rings. The van der Waals surface area contributed by atoms with Crippen LogP contribution in [0.2, 0.25) is 0 Å². The molecule has 1 aromatic heterocycles. The van der Waals surface area contributed by atoms with E-state index < -0.39 is 0 Å². The Kier molecular flexibility index (Phi) is 4.06. The predicted octanol–water partition coefficient (Wildman–Crippen LogP) is 1.02. The lowest BCUT2D eigenvalue weighted by Crippen LogP contribution is -2.37. The van der Waals surface area contributed by atoms with Crippen molar-refractivity contribution in [2.75, 3.05) is 55.9 Å². The zero-order valence-electron chi connectivity index (χ0n) is 12.9.